The zero-order valence-electron chi connectivity index (χ0n) is 4.61. The molecule has 1 N–H and O–H groups in total. The summed E-state index contributed by atoms with van der Waals surface area (Å²) in [6, 6.07) is 1.50. The van der Waals surface area contributed by atoms with Crippen molar-refractivity contribution in [2.75, 3.05) is 0 Å². The molecule has 0 atom stereocenters. The zero-order valence-corrected chi connectivity index (χ0v) is 7.06. The van der Waals surface area contributed by atoms with E-state index in [9.17, 15) is 0 Å². The third-order valence-corrected chi connectivity index (χ3v) is 1.61. The normalized spacial score (nSPS) is 8.60. The van der Waals surface area contributed by atoms with Crippen LogP contribution in [0.5, 0.6) is 5.88 Å². The van der Waals surface area contributed by atoms with E-state index in [1.54, 1.807) is 0 Å². The van der Waals surface area contributed by atoms with E-state index >= 15 is 0 Å². The van der Waals surface area contributed by atoms with Gasteiger partial charge in [-0.1, -0.05) is 23.2 Å². The molecule has 0 amide bonds. The summed E-state index contributed by atoms with van der Waals surface area (Å²) in [5, 5.41) is 9.18. The fraction of sp³-hybridized carbons (Fsp3) is 0. The van der Waals surface area contributed by atoms with Gasteiger partial charge in [0.1, 0.15) is 5.02 Å². The average molecular weight is 228 g/mol. The van der Waals surface area contributed by atoms with Crippen LogP contribution in [0.25, 0.3) is 0 Å². The first-order valence-corrected chi connectivity index (χ1v) is 2.96. The van der Waals surface area contributed by atoms with Crippen molar-refractivity contribution in [1.82, 2.24) is 4.98 Å². The molecular formula is C5H3Cl2CuNO. The van der Waals surface area contributed by atoms with E-state index < -0.39 is 0 Å². The van der Waals surface area contributed by atoms with Crippen molar-refractivity contribution in [2.24, 2.45) is 0 Å². The van der Waals surface area contributed by atoms with Crippen molar-refractivity contribution in [2.45, 2.75) is 0 Å². The fourth-order valence-electron chi connectivity index (χ4n) is 0.410. The topological polar surface area (TPSA) is 33.1 Å². The summed E-state index contributed by atoms with van der Waals surface area (Å²) < 4.78 is 0. The first-order valence-electron chi connectivity index (χ1n) is 2.21. The third kappa shape index (κ3) is 2.03. The van der Waals surface area contributed by atoms with Gasteiger partial charge in [0, 0.05) is 23.3 Å². The summed E-state index contributed by atoms with van der Waals surface area (Å²) in [7, 11) is 0. The van der Waals surface area contributed by atoms with E-state index in [1.165, 1.54) is 12.3 Å². The van der Waals surface area contributed by atoms with Crippen LogP contribution in [0, 0.1) is 0 Å². The van der Waals surface area contributed by atoms with Crippen molar-refractivity contribution < 1.29 is 22.2 Å². The van der Waals surface area contributed by atoms with Crippen molar-refractivity contribution >= 4 is 23.2 Å². The molecule has 1 radical (unpaired) electrons. The number of halogens is 2. The number of hydrogen-bond acceptors (Lipinski definition) is 2. The number of rotatable bonds is 0. The van der Waals surface area contributed by atoms with Gasteiger partial charge in [0.25, 0.3) is 0 Å². The van der Waals surface area contributed by atoms with Crippen LogP contribution >= 0.6 is 23.2 Å². The number of aromatic nitrogens is 1. The molecule has 0 fully saturated rings. The Kier molecular flexibility index (Phi) is 4.06. The largest absolute Gasteiger partial charge is 0.492 e. The van der Waals surface area contributed by atoms with E-state index in [0.29, 0.717) is 5.02 Å². The minimum atomic E-state index is -0.232. The van der Waals surface area contributed by atoms with E-state index in [2.05, 4.69) is 4.98 Å². The molecule has 0 aliphatic heterocycles. The number of nitrogens with zero attached hydrogens (tertiary/aromatic N) is 1. The monoisotopic (exact) mass is 226 g/mol. The molecule has 1 aromatic heterocycles. The van der Waals surface area contributed by atoms with Crippen LogP contribution < -0.4 is 0 Å². The molecule has 0 aliphatic rings. The Hall–Kier alpha value is 0.0495. The molecule has 1 aromatic rings. The summed E-state index contributed by atoms with van der Waals surface area (Å²) in [5.74, 6) is -0.232. The third-order valence-electron chi connectivity index (χ3n) is 0.824. The van der Waals surface area contributed by atoms with Gasteiger partial charge in [-0.05, 0) is 6.07 Å². The van der Waals surface area contributed by atoms with Gasteiger partial charge in [-0.25, -0.2) is 4.98 Å². The van der Waals surface area contributed by atoms with Crippen LogP contribution in [-0.2, 0) is 17.1 Å². The van der Waals surface area contributed by atoms with E-state index in [-0.39, 0.29) is 28.0 Å². The van der Waals surface area contributed by atoms with Crippen LogP contribution in [0.4, 0.5) is 0 Å². The van der Waals surface area contributed by atoms with Gasteiger partial charge in [0.05, 0.1) is 5.02 Å². The van der Waals surface area contributed by atoms with Crippen LogP contribution in [0.2, 0.25) is 10.0 Å². The maximum Gasteiger partial charge on any atom is 0.231 e. The number of pyridine rings is 1. The molecule has 0 unspecified atom stereocenters. The molecule has 0 saturated carbocycles. The van der Waals surface area contributed by atoms with Crippen molar-refractivity contribution in [1.29, 1.82) is 0 Å². The van der Waals surface area contributed by atoms with Gasteiger partial charge in [0.15, 0.2) is 0 Å². The first kappa shape index (κ1) is 10.0. The second kappa shape index (κ2) is 4.04. The van der Waals surface area contributed by atoms with Crippen molar-refractivity contribution in [3.63, 3.8) is 0 Å². The minimum absolute atomic E-state index is 0. The van der Waals surface area contributed by atoms with Gasteiger partial charge in [-0.15, -0.1) is 0 Å². The molecule has 59 valence electrons. The summed E-state index contributed by atoms with van der Waals surface area (Å²) in [6.45, 7) is 0. The predicted octanol–water partition coefficient (Wildman–Crippen LogP) is 2.09. The SMILES string of the molecule is Oc1nccc(Cl)c1Cl.[Cu]. The Morgan fingerprint density at radius 1 is 1.40 bits per heavy atom. The average Bonchev–Trinajstić information content (AvgIpc) is 1.83. The second-order valence-electron chi connectivity index (χ2n) is 1.43. The maximum atomic E-state index is 8.77. The van der Waals surface area contributed by atoms with Gasteiger partial charge in [0.2, 0.25) is 5.88 Å². The predicted molar refractivity (Wildman–Crippen MR) is 35.9 cm³/mol. The number of hydrogen-bond donors (Lipinski definition) is 1. The summed E-state index contributed by atoms with van der Waals surface area (Å²) in [5.41, 5.74) is 0. The number of aromatic hydroxyl groups is 1. The van der Waals surface area contributed by atoms with Crippen molar-refractivity contribution in [3.05, 3.63) is 22.3 Å². The Bertz CT molecular complexity index is 211. The van der Waals surface area contributed by atoms with E-state index in [0.717, 1.165) is 0 Å². The molecular weight excluding hydrogens is 225 g/mol. The summed E-state index contributed by atoms with van der Waals surface area (Å²) >= 11 is 10.9. The molecule has 1 rings (SSSR count). The Morgan fingerprint density at radius 2 is 2.00 bits per heavy atom. The maximum absolute atomic E-state index is 8.77. The zero-order chi connectivity index (χ0) is 6.85. The molecule has 0 saturated heterocycles. The molecule has 0 spiro atoms. The molecule has 5 heteroatoms. The Labute approximate surface area is 78.6 Å². The molecule has 1 heterocycles. The van der Waals surface area contributed by atoms with Gasteiger partial charge in [-0.3, -0.25) is 0 Å². The molecule has 0 aromatic carbocycles. The smallest absolute Gasteiger partial charge is 0.231 e. The molecule has 0 aliphatic carbocycles. The molecule has 0 bridgehead atoms. The van der Waals surface area contributed by atoms with E-state index in [1.807, 2.05) is 0 Å². The van der Waals surface area contributed by atoms with Crippen LogP contribution in [-0.4, -0.2) is 10.1 Å². The minimum Gasteiger partial charge on any atom is -0.492 e. The van der Waals surface area contributed by atoms with Crippen LogP contribution in [0.15, 0.2) is 12.3 Å². The molecule has 2 nitrogen and oxygen atoms in total. The standard InChI is InChI=1S/C5H3Cl2NO.Cu/c6-3-1-2-8-5(9)4(3)7;/h1-2H,(H,8,9);. The Balaban J connectivity index is 0.000000810. The second-order valence-corrected chi connectivity index (χ2v) is 2.22. The van der Waals surface area contributed by atoms with Crippen LogP contribution in [0.1, 0.15) is 0 Å². The van der Waals surface area contributed by atoms with E-state index in [4.69, 9.17) is 28.3 Å². The van der Waals surface area contributed by atoms with Crippen LogP contribution in [0.3, 0.4) is 0 Å². The van der Waals surface area contributed by atoms with Gasteiger partial charge < -0.3 is 5.11 Å². The summed E-state index contributed by atoms with van der Waals surface area (Å²) in [6.07, 6.45) is 1.38. The van der Waals surface area contributed by atoms with Gasteiger partial charge in [-0.2, -0.15) is 0 Å². The van der Waals surface area contributed by atoms with Gasteiger partial charge >= 0.3 is 0 Å². The van der Waals surface area contributed by atoms with Crippen molar-refractivity contribution in [3.8, 4) is 5.88 Å². The fourth-order valence-corrected chi connectivity index (χ4v) is 0.663. The first-order chi connectivity index (χ1) is 4.22. The summed E-state index contributed by atoms with van der Waals surface area (Å²) in [4.78, 5) is 3.48. The Morgan fingerprint density at radius 3 is 2.40 bits per heavy atom. The quantitative estimate of drug-likeness (QED) is 0.689. The molecule has 10 heavy (non-hydrogen) atoms.